The van der Waals surface area contributed by atoms with E-state index in [4.69, 9.17) is 15.2 Å². The number of nitrogens with two attached hydrogens (primary N) is 1. The Labute approximate surface area is 103 Å². The van der Waals surface area contributed by atoms with Crippen LogP contribution >= 0.6 is 0 Å². The predicted octanol–water partition coefficient (Wildman–Crippen LogP) is 2.54. The lowest BCUT2D eigenvalue weighted by Gasteiger charge is -2.35. The van der Waals surface area contributed by atoms with E-state index >= 15 is 0 Å². The van der Waals surface area contributed by atoms with Crippen molar-refractivity contribution in [2.75, 3.05) is 13.2 Å². The highest BCUT2D eigenvalue weighted by Gasteiger charge is 2.31. The summed E-state index contributed by atoms with van der Waals surface area (Å²) in [7, 11) is 0. The van der Waals surface area contributed by atoms with Crippen LogP contribution in [0.2, 0.25) is 0 Å². The van der Waals surface area contributed by atoms with E-state index in [9.17, 15) is 0 Å². The summed E-state index contributed by atoms with van der Waals surface area (Å²) < 4.78 is 11.4. The van der Waals surface area contributed by atoms with Gasteiger partial charge in [-0.1, -0.05) is 29.8 Å². The molecule has 0 saturated carbocycles. The molecule has 3 nitrogen and oxygen atoms in total. The molecule has 3 heteroatoms. The lowest BCUT2D eigenvalue weighted by atomic mass is 9.99. The van der Waals surface area contributed by atoms with E-state index in [1.807, 2.05) is 6.92 Å². The van der Waals surface area contributed by atoms with Crippen molar-refractivity contribution in [1.82, 2.24) is 0 Å². The highest BCUT2D eigenvalue weighted by atomic mass is 16.7. The van der Waals surface area contributed by atoms with Gasteiger partial charge in [0.1, 0.15) is 0 Å². The van der Waals surface area contributed by atoms with E-state index in [0.29, 0.717) is 6.42 Å². The molecule has 1 saturated heterocycles. The first-order chi connectivity index (χ1) is 8.09. The molecule has 0 radical (unpaired) electrons. The second kappa shape index (κ2) is 5.17. The predicted molar refractivity (Wildman–Crippen MR) is 67.7 cm³/mol. The molecule has 1 aliphatic rings. The van der Waals surface area contributed by atoms with Gasteiger partial charge in [-0.15, -0.1) is 0 Å². The number of aryl methyl sites for hydroxylation is 1. The van der Waals surface area contributed by atoms with Crippen LogP contribution in [-0.4, -0.2) is 19.0 Å². The normalized spacial score (nSPS) is 21.1. The molecule has 0 aliphatic carbocycles. The Kier molecular flexibility index (Phi) is 3.82. The minimum atomic E-state index is -0.525. The summed E-state index contributed by atoms with van der Waals surface area (Å²) in [5, 5.41) is 0. The number of hydrogen-bond acceptors (Lipinski definition) is 3. The number of benzene rings is 1. The van der Waals surface area contributed by atoms with Crippen molar-refractivity contribution in [2.24, 2.45) is 5.73 Å². The maximum absolute atomic E-state index is 6.20. The molecule has 94 valence electrons. The molecule has 1 fully saturated rings. The van der Waals surface area contributed by atoms with Gasteiger partial charge >= 0.3 is 0 Å². The summed E-state index contributed by atoms with van der Waals surface area (Å²) in [6.07, 6.45) is 1.66. The Balaban J connectivity index is 2.00. The van der Waals surface area contributed by atoms with Crippen LogP contribution in [0.4, 0.5) is 0 Å². The fourth-order valence-corrected chi connectivity index (χ4v) is 2.13. The summed E-state index contributed by atoms with van der Waals surface area (Å²) in [5.74, 6) is -0.525. The van der Waals surface area contributed by atoms with Crippen molar-refractivity contribution in [3.63, 3.8) is 0 Å². The van der Waals surface area contributed by atoms with Crippen LogP contribution in [0.1, 0.15) is 36.9 Å². The fourth-order valence-electron chi connectivity index (χ4n) is 2.13. The van der Waals surface area contributed by atoms with Gasteiger partial charge in [0.25, 0.3) is 0 Å². The van der Waals surface area contributed by atoms with Crippen molar-refractivity contribution in [3.8, 4) is 0 Å². The molecule has 1 atom stereocenters. The van der Waals surface area contributed by atoms with Gasteiger partial charge < -0.3 is 15.2 Å². The summed E-state index contributed by atoms with van der Waals surface area (Å²) >= 11 is 0. The van der Waals surface area contributed by atoms with Crippen LogP contribution in [0.25, 0.3) is 0 Å². The van der Waals surface area contributed by atoms with E-state index in [-0.39, 0.29) is 6.04 Å². The SMILES string of the molecule is Cc1ccc(C(N)CC2(C)OCCCO2)cc1. The maximum atomic E-state index is 6.20. The van der Waals surface area contributed by atoms with Crippen LogP contribution in [0, 0.1) is 6.92 Å². The van der Waals surface area contributed by atoms with Crippen LogP contribution in [0.15, 0.2) is 24.3 Å². The molecule has 1 heterocycles. The molecule has 1 aliphatic heterocycles. The van der Waals surface area contributed by atoms with Crippen molar-refractivity contribution >= 4 is 0 Å². The van der Waals surface area contributed by atoms with Crippen molar-refractivity contribution < 1.29 is 9.47 Å². The quantitative estimate of drug-likeness (QED) is 0.875. The smallest absolute Gasteiger partial charge is 0.167 e. The standard InChI is InChI=1S/C14H21NO2/c1-11-4-6-12(7-5-11)13(15)10-14(2)16-8-3-9-17-14/h4-7,13H,3,8-10,15H2,1-2H3. The Hall–Kier alpha value is -0.900. The maximum Gasteiger partial charge on any atom is 0.167 e. The summed E-state index contributed by atoms with van der Waals surface area (Å²) in [6.45, 7) is 5.57. The third kappa shape index (κ3) is 3.28. The Morgan fingerprint density at radius 2 is 1.82 bits per heavy atom. The lowest BCUT2D eigenvalue weighted by Crippen LogP contribution is -2.40. The average molecular weight is 235 g/mol. The van der Waals surface area contributed by atoms with Gasteiger partial charge in [0.05, 0.1) is 13.2 Å². The van der Waals surface area contributed by atoms with Crippen LogP contribution in [-0.2, 0) is 9.47 Å². The fraction of sp³-hybridized carbons (Fsp3) is 0.571. The van der Waals surface area contributed by atoms with Gasteiger partial charge in [-0.25, -0.2) is 0 Å². The van der Waals surface area contributed by atoms with Gasteiger partial charge in [0.2, 0.25) is 0 Å². The Morgan fingerprint density at radius 1 is 1.24 bits per heavy atom. The summed E-state index contributed by atoms with van der Waals surface area (Å²) in [6, 6.07) is 8.28. The summed E-state index contributed by atoms with van der Waals surface area (Å²) in [4.78, 5) is 0. The highest BCUT2D eigenvalue weighted by Crippen LogP contribution is 2.28. The lowest BCUT2D eigenvalue weighted by molar-refractivity contribution is -0.260. The zero-order valence-corrected chi connectivity index (χ0v) is 10.6. The van der Waals surface area contributed by atoms with E-state index in [1.54, 1.807) is 0 Å². The molecule has 0 amide bonds. The largest absolute Gasteiger partial charge is 0.350 e. The molecule has 0 spiro atoms. The molecule has 0 aromatic heterocycles. The molecular formula is C14H21NO2. The third-order valence-electron chi connectivity index (χ3n) is 3.20. The molecular weight excluding hydrogens is 214 g/mol. The van der Waals surface area contributed by atoms with Gasteiger partial charge in [-0.2, -0.15) is 0 Å². The van der Waals surface area contributed by atoms with E-state index in [0.717, 1.165) is 25.2 Å². The number of rotatable bonds is 3. The van der Waals surface area contributed by atoms with E-state index < -0.39 is 5.79 Å². The second-order valence-corrected chi connectivity index (χ2v) is 4.91. The first kappa shape index (κ1) is 12.6. The van der Waals surface area contributed by atoms with Gasteiger partial charge in [0, 0.05) is 12.5 Å². The number of hydrogen-bond donors (Lipinski definition) is 1. The zero-order valence-electron chi connectivity index (χ0n) is 10.6. The molecule has 1 aromatic carbocycles. The molecule has 2 rings (SSSR count). The monoisotopic (exact) mass is 235 g/mol. The Bertz CT molecular complexity index is 355. The van der Waals surface area contributed by atoms with Crippen LogP contribution in [0.3, 0.4) is 0 Å². The van der Waals surface area contributed by atoms with Crippen LogP contribution in [0.5, 0.6) is 0 Å². The molecule has 1 aromatic rings. The van der Waals surface area contributed by atoms with Gasteiger partial charge in [0.15, 0.2) is 5.79 Å². The minimum Gasteiger partial charge on any atom is -0.350 e. The third-order valence-corrected chi connectivity index (χ3v) is 3.20. The van der Waals surface area contributed by atoms with E-state index in [2.05, 4.69) is 31.2 Å². The molecule has 0 bridgehead atoms. The van der Waals surface area contributed by atoms with Crippen molar-refractivity contribution in [2.45, 2.75) is 38.5 Å². The second-order valence-electron chi connectivity index (χ2n) is 4.91. The van der Waals surface area contributed by atoms with Gasteiger partial charge in [-0.3, -0.25) is 0 Å². The minimum absolute atomic E-state index is 0.0429. The molecule has 17 heavy (non-hydrogen) atoms. The zero-order chi connectivity index (χ0) is 12.3. The highest BCUT2D eigenvalue weighted by molar-refractivity contribution is 5.24. The first-order valence-electron chi connectivity index (χ1n) is 6.19. The van der Waals surface area contributed by atoms with Crippen molar-refractivity contribution in [1.29, 1.82) is 0 Å². The first-order valence-corrected chi connectivity index (χ1v) is 6.19. The molecule has 2 N–H and O–H groups in total. The van der Waals surface area contributed by atoms with Crippen molar-refractivity contribution in [3.05, 3.63) is 35.4 Å². The topological polar surface area (TPSA) is 44.5 Å². The molecule has 1 unspecified atom stereocenters. The number of ether oxygens (including phenoxy) is 2. The van der Waals surface area contributed by atoms with E-state index in [1.165, 1.54) is 5.56 Å². The van der Waals surface area contributed by atoms with Crippen LogP contribution < -0.4 is 5.73 Å². The average Bonchev–Trinajstić information content (AvgIpc) is 2.30. The van der Waals surface area contributed by atoms with Gasteiger partial charge in [-0.05, 0) is 25.8 Å². The Morgan fingerprint density at radius 3 is 2.41 bits per heavy atom. The summed E-state index contributed by atoms with van der Waals surface area (Å²) in [5.41, 5.74) is 8.58.